The molecule has 1 aromatic heterocycles. The van der Waals surface area contributed by atoms with Crippen molar-refractivity contribution in [2.24, 2.45) is 0 Å². The summed E-state index contributed by atoms with van der Waals surface area (Å²) in [4.78, 5) is 24.1. The maximum atomic E-state index is 12.7. The fourth-order valence-electron chi connectivity index (χ4n) is 5.33. The summed E-state index contributed by atoms with van der Waals surface area (Å²) in [7, 11) is 0. The Kier molecular flexibility index (Phi) is 5.00. The molecule has 5 heteroatoms. The summed E-state index contributed by atoms with van der Waals surface area (Å²) >= 11 is 0. The van der Waals surface area contributed by atoms with Crippen molar-refractivity contribution in [2.45, 2.75) is 51.2 Å². The molecule has 0 unspecified atom stereocenters. The zero-order valence-corrected chi connectivity index (χ0v) is 17.3. The second-order valence-corrected chi connectivity index (χ2v) is 8.79. The van der Waals surface area contributed by atoms with Gasteiger partial charge in [0.25, 0.3) is 5.91 Å². The van der Waals surface area contributed by atoms with E-state index >= 15 is 0 Å². The number of hydrogen-bond acceptors (Lipinski definition) is 4. The topological polar surface area (TPSA) is 39.7 Å². The van der Waals surface area contributed by atoms with Crippen LogP contribution in [-0.2, 0) is 13.0 Å². The molecule has 5 nitrogen and oxygen atoms in total. The van der Waals surface area contributed by atoms with Crippen molar-refractivity contribution < 1.29 is 4.79 Å². The van der Waals surface area contributed by atoms with Gasteiger partial charge in [-0.05, 0) is 74.5 Å². The number of aromatic nitrogens is 1. The number of rotatable bonds is 3. The van der Waals surface area contributed by atoms with Crippen LogP contribution >= 0.6 is 0 Å². The van der Waals surface area contributed by atoms with E-state index in [0.29, 0.717) is 18.2 Å². The molecule has 3 aliphatic rings. The summed E-state index contributed by atoms with van der Waals surface area (Å²) in [6, 6.07) is 12.0. The van der Waals surface area contributed by atoms with Crippen LogP contribution in [0.25, 0.3) is 0 Å². The molecular formula is C24H30N4O. The maximum absolute atomic E-state index is 12.7. The van der Waals surface area contributed by atoms with Gasteiger partial charge in [0.1, 0.15) is 0 Å². The lowest BCUT2D eigenvalue weighted by molar-refractivity contribution is 0.0734. The highest BCUT2D eigenvalue weighted by molar-refractivity contribution is 5.94. The van der Waals surface area contributed by atoms with Crippen molar-refractivity contribution in [3.63, 3.8) is 0 Å². The number of likely N-dealkylation sites (tertiary alicyclic amines) is 1. The highest BCUT2D eigenvalue weighted by Gasteiger charge is 2.33. The Hall–Kier alpha value is -2.40. The Balaban J connectivity index is 1.26. The van der Waals surface area contributed by atoms with Crippen molar-refractivity contribution in [1.82, 2.24) is 14.8 Å². The zero-order chi connectivity index (χ0) is 19.8. The van der Waals surface area contributed by atoms with Crippen LogP contribution in [0.15, 0.2) is 42.7 Å². The molecule has 2 aromatic rings. The molecule has 0 saturated carbocycles. The number of amides is 1. The van der Waals surface area contributed by atoms with Crippen LogP contribution in [-0.4, -0.2) is 59.0 Å². The number of anilines is 1. The predicted octanol–water partition coefficient (Wildman–Crippen LogP) is 3.34. The third-order valence-electron chi connectivity index (χ3n) is 7.00. The number of pyridine rings is 1. The molecule has 0 bridgehead atoms. The molecule has 29 heavy (non-hydrogen) atoms. The lowest BCUT2D eigenvalue weighted by Crippen LogP contribution is -2.39. The van der Waals surface area contributed by atoms with Gasteiger partial charge in [0, 0.05) is 56.3 Å². The summed E-state index contributed by atoms with van der Waals surface area (Å²) < 4.78 is 0. The smallest absolute Gasteiger partial charge is 0.255 e. The summed E-state index contributed by atoms with van der Waals surface area (Å²) in [5.41, 5.74) is 4.70. The minimum atomic E-state index is 0.0787. The Labute approximate surface area is 173 Å². The van der Waals surface area contributed by atoms with Crippen molar-refractivity contribution >= 4 is 11.6 Å². The van der Waals surface area contributed by atoms with Crippen molar-refractivity contribution in [2.75, 3.05) is 31.1 Å². The highest BCUT2D eigenvalue weighted by atomic mass is 16.2. The van der Waals surface area contributed by atoms with E-state index in [0.717, 1.165) is 32.1 Å². The quantitative estimate of drug-likeness (QED) is 0.806. The van der Waals surface area contributed by atoms with E-state index in [9.17, 15) is 4.79 Å². The molecule has 5 rings (SSSR count). The summed E-state index contributed by atoms with van der Waals surface area (Å²) in [6.45, 7) is 7.42. The van der Waals surface area contributed by atoms with Gasteiger partial charge in [-0.15, -0.1) is 0 Å². The molecule has 3 aliphatic heterocycles. The predicted molar refractivity (Wildman–Crippen MR) is 115 cm³/mol. The lowest BCUT2D eigenvalue weighted by atomic mass is 9.98. The molecule has 0 spiro atoms. The maximum Gasteiger partial charge on any atom is 0.255 e. The van der Waals surface area contributed by atoms with Gasteiger partial charge in [-0.1, -0.05) is 6.07 Å². The standard InChI is InChI=1S/C24H30N4O/c1-18-4-3-11-28(18)23-9-13-26(17-23)22-7-6-21-16-27(12-8-19(21)14-22)24(29)20-5-2-10-25-15-20/h2,5-7,10,14-15,18,23H,3-4,8-9,11-13,16-17H2,1H3/t18-,23-/m0/s1. The van der Waals surface area contributed by atoms with E-state index in [1.54, 1.807) is 12.4 Å². The van der Waals surface area contributed by atoms with E-state index < -0.39 is 0 Å². The molecule has 4 heterocycles. The van der Waals surface area contributed by atoms with Gasteiger partial charge in [0.2, 0.25) is 0 Å². The Morgan fingerprint density at radius 1 is 1.10 bits per heavy atom. The van der Waals surface area contributed by atoms with Gasteiger partial charge in [-0.3, -0.25) is 14.7 Å². The largest absolute Gasteiger partial charge is 0.370 e. The zero-order valence-electron chi connectivity index (χ0n) is 17.3. The molecule has 0 radical (unpaired) electrons. The van der Waals surface area contributed by atoms with Gasteiger partial charge in [0.15, 0.2) is 0 Å². The number of fused-ring (bicyclic) bond motifs is 1. The molecule has 2 saturated heterocycles. The molecule has 152 valence electrons. The first kappa shape index (κ1) is 18.6. The van der Waals surface area contributed by atoms with Crippen LogP contribution in [0.1, 0.15) is 47.7 Å². The third kappa shape index (κ3) is 3.64. The lowest BCUT2D eigenvalue weighted by Gasteiger charge is -2.31. The van der Waals surface area contributed by atoms with Gasteiger partial charge in [-0.2, -0.15) is 0 Å². The van der Waals surface area contributed by atoms with Crippen LogP contribution in [0.3, 0.4) is 0 Å². The molecule has 0 aliphatic carbocycles. The molecule has 1 aromatic carbocycles. The van der Waals surface area contributed by atoms with E-state index in [2.05, 4.69) is 39.9 Å². The first-order valence-corrected chi connectivity index (χ1v) is 11.0. The van der Waals surface area contributed by atoms with Crippen molar-refractivity contribution in [3.8, 4) is 0 Å². The van der Waals surface area contributed by atoms with Crippen molar-refractivity contribution in [1.29, 1.82) is 0 Å². The summed E-state index contributed by atoms with van der Waals surface area (Å²) in [6.07, 6.45) is 8.27. The summed E-state index contributed by atoms with van der Waals surface area (Å²) in [5, 5.41) is 0. The highest BCUT2D eigenvalue weighted by Crippen LogP contribution is 2.31. The second-order valence-electron chi connectivity index (χ2n) is 8.79. The normalized spacial score (nSPS) is 24.7. The van der Waals surface area contributed by atoms with Gasteiger partial charge in [0.05, 0.1) is 5.56 Å². The minimum Gasteiger partial charge on any atom is -0.370 e. The summed E-state index contributed by atoms with van der Waals surface area (Å²) in [5.74, 6) is 0.0787. The number of benzene rings is 1. The minimum absolute atomic E-state index is 0.0787. The van der Waals surface area contributed by atoms with E-state index in [1.165, 1.54) is 42.6 Å². The Morgan fingerprint density at radius 3 is 2.83 bits per heavy atom. The number of carbonyl (C=O) groups excluding carboxylic acids is 1. The number of nitrogens with zero attached hydrogens (tertiary/aromatic N) is 4. The second kappa shape index (κ2) is 7.79. The van der Waals surface area contributed by atoms with Crippen LogP contribution in [0.5, 0.6) is 0 Å². The third-order valence-corrected chi connectivity index (χ3v) is 7.00. The molecule has 2 atom stereocenters. The average Bonchev–Trinajstić information content (AvgIpc) is 3.42. The SMILES string of the molecule is C[C@H]1CCCN1[C@H]1CCN(c2ccc3c(c2)CCN(C(=O)c2cccnc2)C3)C1. The van der Waals surface area contributed by atoms with E-state index in [1.807, 2.05) is 17.0 Å². The molecule has 1 amide bonds. The van der Waals surface area contributed by atoms with E-state index in [4.69, 9.17) is 0 Å². The van der Waals surface area contributed by atoms with Crippen LogP contribution in [0.4, 0.5) is 5.69 Å². The van der Waals surface area contributed by atoms with Gasteiger partial charge < -0.3 is 9.80 Å². The van der Waals surface area contributed by atoms with Gasteiger partial charge >= 0.3 is 0 Å². The van der Waals surface area contributed by atoms with Crippen LogP contribution in [0, 0.1) is 0 Å². The van der Waals surface area contributed by atoms with Crippen LogP contribution in [0.2, 0.25) is 0 Å². The van der Waals surface area contributed by atoms with E-state index in [-0.39, 0.29) is 5.91 Å². The van der Waals surface area contributed by atoms with Crippen LogP contribution < -0.4 is 4.90 Å². The first-order valence-electron chi connectivity index (χ1n) is 11.0. The fraction of sp³-hybridized carbons (Fsp3) is 0.500. The van der Waals surface area contributed by atoms with Crippen molar-refractivity contribution in [3.05, 3.63) is 59.4 Å². The Morgan fingerprint density at radius 2 is 2.03 bits per heavy atom. The number of carbonyl (C=O) groups is 1. The molecule has 0 N–H and O–H groups in total. The molecule has 2 fully saturated rings. The first-order chi connectivity index (χ1) is 14.2. The van der Waals surface area contributed by atoms with Gasteiger partial charge in [-0.25, -0.2) is 0 Å². The Bertz CT molecular complexity index is 884. The average molecular weight is 391 g/mol. The monoisotopic (exact) mass is 390 g/mol. The molecular weight excluding hydrogens is 360 g/mol. The fourth-order valence-corrected chi connectivity index (χ4v) is 5.33. The number of hydrogen-bond donors (Lipinski definition) is 0.